The van der Waals surface area contributed by atoms with Crippen LogP contribution >= 0.6 is 0 Å². The molecule has 4 rings (SSSR count). The van der Waals surface area contributed by atoms with Gasteiger partial charge in [-0.25, -0.2) is 8.42 Å². The SMILES string of the molecule is Cc1ccc(S(=O)(=O)Nc2ccc(NC(=O)c3ccc(-n4cccc4)cc3)cc2)cc1. The first-order valence-electron chi connectivity index (χ1n) is 9.65. The van der Waals surface area contributed by atoms with Crippen molar-refractivity contribution in [1.82, 2.24) is 4.57 Å². The highest BCUT2D eigenvalue weighted by atomic mass is 32.2. The van der Waals surface area contributed by atoms with Crippen LogP contribution in [0.4, 0.5) is 11.4 Å². The van der Waals surface area contributed by atoms with E-state index in [9.17, 15) is 13.2 Å². The molecule has 0 bridgehead atoms. The van der Waals surface area contributed by atoms with Gasteiger partial charge in [0.15, 0.2) is 0 Å². The van der Waals surface area contributed by atoms with Crippen LogP contribution in [0.3, 0.4) is 0 Å². The third-order valence-corrected chi connectivity index (χ3v) is 6.16. The van der Waals surface area contributed by atoms with Gasteiger partial charge < -0.3 is 9.88 Å². The number of nitrogens with one attached hydrogen (secondary N) is 2. The predicted molar refractivity (Wildman–Crippen MR) is 122 cm³/mol. The Balaban J connectivity index is 1.41. The minimum Gasteiger partial charge on any atom is -0.324 e. The summed E-state index contributed by atoms with van der Waals surface area (Å²) in [5.74, 6) is -0.243. The lowest BCUT2D eigenvalue weighted by Crippen LogP contribution is -2.14. The summed E-state index contributed by atoms with van der Waals surface area (Å²) in [7, 11) is -3.67. The zero-order valence-corrected chi connectivity index (χ0v) is 17.6. The molecule has 0 radical (unpaired) electrons. The summed E-state index contributed by atoms with van der Waals surface area (Å²) in [5.41, 5.74) is 3.46. The molecule has 31 heavy (non-hydrogen) atoms. The second-order valence-corrected chi connectivity index (χ2v) is 8.77. The highest BCUT2D eigenvalue weighted by molar-refractivity contribution is 7.92. The van der Waals surface area contributed by atoms with Crippen LogP contribution in [0, 0.1) is 6.92 Å². The van der Waals surface area contributed by atoms with Crippen LogP contribution in [0.25, 0.3) is 5.69 Å². The van der Waals surface area contributed by atoms with Gasteiger partial charge in [-0.1, -0.05) is 17.7 Å². The monoisotopic (exact) mass is 431 g/mol. The largest absolute Gasteiger partial charge is 0.324 e. The van der Waals surface area contributed by atoms with Crippen LogP contribution in [0.5, 0.6) is 0 Å². The van der Waals surface area contributed by atoms with Crippen molar-refractivity contribution < 1.29 is 13.2 Å². The Bertz CT molecular complexity index is 1280. The lowest BCUT2D eigenvalue weighted by Gasteiger charge is -2.10. The van der Waals surface area contributed by atoms with Crippen molar-refractivity contribution in [2.45, 2.75) is 11.8 Å². The molecule has 7 heteroatoms. The molecule has 2 N–H and O–H groups in total. The van der Waals surface area contributed by atoms with E-state index in [-0.39, 0.29) is 10.8 Å². The number of rotatable bonds is 6. The Labute approximate surface area is 181 Å². The molecule has 4 aromatic rings. The zero-order valence-electron chi connectivity index (χ0n) is 16.8. The maximum Gasteiger partial charge on any atom is 0.261 e. The summed E-state index contributed by atoms with van der Waals surface area (Å²) in [5, 5.41) is 2.82. The molecule has 1 heterocycles. The molecule has 156 valence electrons. The van der Waals surface area contributed by atoms with E-state index in [0.29, 0.717) is 16.9 Å². The van der Waals surface area contributed by atoms with Crippen molar-refractivity contribution >= 4 is 27.3 Å². The van der Waals surface area contributed by atoms with E-state index in [1.54, 1.807) is 60.7 Å². The topological polar surface area (TPSA) is 80.2 Å². The minimum absolute atomic E-state index is 0.193. The van der Waals surface area contributed by atoms with Crippen LogP contribution in [0.15, 0.2) is 102 Å². The normalized spacial score (nSPS) is 11.1. The maximum absolute atomic E-state index is 12.5. The van der Waals surface area contributed by atoms with E-state index in [1.165, 1.54) is 0 Å². The van der Waals surface area contributed by atoms with Gasteiger partial charge in [-0.3, -0.25) is 9.52 Å². The Morgan fingerprint density at radius 1 is 0.774 bits per heavy atom. The van der Waals surface area contributed by atoms with Gasteiger partial charge in [0.05, 0.1) is 4.90 Å². The molecule has 0 spiro atoms. The first-order valence-corrected chi connectivity index (χ1v) is 11.1. The van der Waals surface area contributed by atoms with Crippen LogP contribution < -0.4 is 10.0 Å². The molecule has 0 unspecified atom stereocenters. The van der Waals surface area contributed by atoms with E-state index in [1.807, 2.05) is 48.1 Å². The Kier molecular flexibility index (Phi) is 5.60. The summed E-state index contributed by atoms with van der Waals surface area (Å²) >= 11 is 0. The number of nitrogens with zero attached hydrogens (tertiary/aromatic N) is 1. The lowest BCUT2D eigenvalue weighted by atomic mass is 10.2. The zero-order chi connectivity index (χ0) is 21.8. The van der Waals surface area contributed by atoms with Gasteiger partial charge >= 0.3 is 0 Å². The molecule has 0 saturated heterocycles. The average Bonchev–Trinajstić information content (AvgIpc) is 3.30. The summed E-state index contributed by atoms with van der Waals surface area (Å²) in [6, 6.07) is 24.3. The Morgan fingerprint density at radius 3 is 1.97 bits per heavy atom. The van der Waals surface area contributed by atoms with E-state index < -0.39 is 10.0 Å². The molecule has 1 amide bonds. The number of anilines is 2. The first kappa shape index (κ1) is 20.4. The van der Waals surface area contributed by atoms with Crippen LogP contribution in [-0.4, -0.2) is 18.9 Å². The smallest absolute Gasteiger partial charge is 0.261 e. The third kappa shape index (κ3) is 4.84. The summed E-state index contributed by atoms with van der Waals surface area (Å²) in [6.45, 7) is 1.90. The van der Waals surface area contributed by atoms with Gasteiger partial charge in [0.1, 0.15) is 0 Å². The van der Waals surface area contributed by atoms with Crippen molar-refractivity contribution in [3.05, 3.63) is 108 Å². The highest BCUT2D eigenvalue weighted by Gasteiger charge is 2.14. The fourth-order valence-corrected chi connectivity index (χ4v) is 4.11. The van der Waals surface area contributed by atoms with E-state index >= 15 is 0 Å². The van der Waals surface area contributed by atoms with Crippen molar-refractivity contribution in [3.8, 4) is 5.69 Å². The second-order valence-electron chi connectivity index (χ2n) is 7.09. The van der Waals surface area contributed by atoms with Crippen molar-refractivity contribution in [2.24, 2.45) is 0 Å². The van der Waals surface area contributed by atoms with Crippen molar-refractivity contribution in [3.63, 3.8) is 0 Å². The van der Waals surface area contributed by atoms with E-state index in [2.05, 4.69) is 10.0 Å². The standard InChI is InChI=1S/C24H21N3O3S/c1-18-4-14-23(15-5-18)31(29,30)26-21-10-8-20(9-11-21)25-24(28)19-6-12-22(13-7-19)27-16-2-3-17-27/h2-17,26H,1H3,(H,25,28). The molecule has 0 atom stereocenters. The van der Waals surface area contributed by atoms with Gasteiger partial charge in [-0.05, 0) is 79.7 Å². The van der Waals surface area contributed by atoms with Gasteiger partial charge in [-0.2, -0.15) is 0 Å². The van der Waals surface area contributed by atoms with Gasteiger partial charge in [0.2, 0.25) is 0 Å². The fraction of sp³-hybridized carbons (Fsp3) is 0.0417. The van der Waals surface area contributed by atoms with Gasteiger partial charge in [-0.15, -0.1) is 0 Å². The van der Waals surface area contributed by atoms with Crippen LogP contribution in [0.2, 0.25) is 0 Å². The number of carbonyl (C=O) groups is 1. The summed E-state index contributed by atoms with van der Waals surface area (Å²) < 4.78 is 29.5. The number of hydrogen-bond donors (Lipinski definition) is 2. The average molecular weight is 432 g/mol. The molecule has 1 aromatic heterocycles. The van der Waals surface area contributed by atoms with E-state index in [4.69, 9.17) is 0 Å². The number of aryl methyl sites for hydroxylation is 1. The fourth-order valence-electron chi connectivity index (χ4n) is 3.05. The van der Waals surface area contributed by atoms with Crippen LogP contribution in [0.1, 0.15) is 15.9 Å². The minimum atomic E-state index is -3.67. The number of carbonyl (C=O) groups excluding carboxylic acids is 1. The Morgan fingerprint density at radius 2 is 1.35 bits per heavy atom. The number of aromatic nitrogens is 1. The quantitative estimate of drug-likeness (QED) is 0.458. The Hall–Kier alpha value is -3.84. The van der Waals surface area contributed by atoms with E-state index in [0.717, 1.165) is 11.3 Å². The lowest BCUT2D eigenvalue weighted by molar-refractivity contribution is 0.102. The predicted octanol–water partition coefficient (Wildman–Crippen LogP) is 4.84. The second kappa shape index (κ2) is 8.49. The molecule has 0 saturated carbocycles. The number of hydrogen-bond acceptors (Lipinski definition) is 3. The molecule has 0 aliphatic rings. The molecular weight excluding hydrogens is 410 g/mol. The van der Waals surface area contributed by atoms with Crippen molar-refractivity contribution in [1.29, 1.82) is 0 Å². The van der Waals surface area contributed by atoms with Crippen molar-refractivity contribution in [2.75, 3.05) is 10.0 Å². The van der Waals surface area contributed by atoms with Gasteiger partial charge in [0.25, 0.3) is 15.9 Å². The molecule has 6 nitrogen and oxygen atoms in total. The van der Waals surface area contributed by atoms with Crippen LogP contribution in [-0.2, 0) is 10.0 Å². The first-order chi connectivity index (χ1) is 14.9. The number of sulfonamides is 1. The number of amides is 1. The number of benzene rings is 3. The molecule has 3 aromatic carbocycles. The molecule has 0 aliphatic heterocycles. The summed E-state index contributed by atoms with van der Waals surface area (Å²) in [6.07, 6.45) is 3.87. The summed E-state index contributed by atoms with van der Waals surface area (Å²) in [4.78, 5) is 12.7. The molecule has 0 aliphatic carbocycles. The van der Waals surface area contributed by atoms with Gasteiger partial charge in [0, 0.05) is 35.0 Å². The highest BCUT2D eigenvalue weighted by Crippen LogP contribution is 2.19. The molecular formula is C24H21N3O3S. The molecule has 0 fully saturated rings. The third-order valence-electron chi connectivity index (χ3n) is 4.76. The maximum atomic E-state index is 12.5.